The van der Waals surface area contributed by atoms with Crippen molar-refractivity contribution in [3.63, 3.8) is 0 Å². The van der Waals surface area contributed by atoms with E-state index in [-0.39, 0.29) is 0 Å². The van der Waals surface area contributed by atoms with E-state index in [1.807, 2.05) is 42.6 Å². The first-order chi connectivity index (χ1) is 9.42. The third kappa shape index (κ3) is 3.14. The number of nitrogens with zero attached hydrogens (tertiary/aromatic N) is 1. The zero-order valence-electron chi connectivity index (χ0n) is 10.3. The molecule has 0 fully saturated rings. The van der Waals surface area contributed by atoms with Gasteiger partial charge in [-0.2, -0.15) is 0 Å². The van der Waals surface area contributed by atoms with Crippen LogP contribution in [0.4, 0.5) is 0 Å². The zero-order chi connectivity index (χ0) is 12.9. The second kappa shape index (κ2) is 5.87. The summed E-state index contributed by atoms with van der Waals surface area (Å²) in [6.45, 7) is 0. The van der Waals surface area contributed by atoms with Crippen LogP contribution in [-0.4, -0.2) is 19.9 Å². The summed E-state index contributed by atoms with van der Waals surface area (Å²) in [4.78, 5) is 4.34. The number of oxazole rings is 1. The maximum atomic E-state index is 5.80. The van der Waals surface area contributed by atoms with Crippen LogP contribution in [0, 0.1) is 0 Å². The van der Waals surface area contributed by atoms with Gasteiger partial charge in [-0.15, -0.1) is 0 Å². The zero-order valence-corrected chi connectivity index (χ0v) is 12.0. The molecule has 2 nitrogen and oxygen atoms in total. The van der Waals surface area contributed by atoms with Crippen LogP contribution < -0.4 is 4.46 Å². The Morgan fingerprint density at radius 3 is 2.32 bits per heavy atom. The van der Waals surface area contributed by atoms with Crippen LogP contribution in [-0.2, 0) is 5.32 Å². The molecule has 19 heavy (non-hydrogen) atoms. The molecule has 2 aromatic carbocycles. The number of hydrogen-bond donors (Lipinski definition) is 0. The Morgan fingerprint density at radius 1 is 0.895 bits per heavy atom. The summed E-state index contributed by atoms with van der Waals surface area (Å²) in [7, 11) is 0. The Bertz CT molecular complexity index is 634. The molecule has 94 valence electrons. The first-order valence-electron chi connectivity index (χ1n) is 6.10. The third-order valence-corrected chi connectivity index (χ3v) is 4.87. The molecule has 0 unspecified atom stereocenters. The molecule has 3 rings (SSSR count). The summed E-state index contributed by atoms with van der Waals surface area (Å²) < 4.78 is 7.18. The SMILES string of the molecule is c1ccc([Se]Cc2cnc(-c3ccccc3)o2)cc1. The molecule has 3 heteroatoms. The van der Waals surface area contributed by atoms with Gasteiger partial charge < -0.3 is 0 Å². The monoisotopic (exact) mass is 315 g/mol. The van der Waals surface area contributed by atoms with Crippen molar-refractivity contribution in [1.82, 2.24) is 4.98 Å². The summed E-state index contributed by atoms with van der Waals surface area (Å²) in [5.41, 5.74) is 1.03. The van der Waals surface area contributed by atoms with E-state index in [2.05, 4.69) is 29.2 Å². The first kappa shape index (κ1) is 12.2. The van der Waals surface area contributed by atoms with E-state index in [1.165, 1.54) is 4.46 Å². The van der Waals surface area contributed by atoms with Gasteiger partial charge >= 0.3 is 118 Å². The summed E-state index contributed by atoms with van der Waals surface area (Å²) in [5.74, 6) is 1.67. The Morgan fingerprint density at radius 2 is 1.58 bits per heavy atom. The summed E-state index contributed by atoms with van der Waals surface area (Å²) >= 11 is 0.398. The van der Waals surface area contributed by atoms with Crippen LogP contribution in [0.5, 0.6) is 0 Å². The van der Waals surface area contributed by atoms with Gasteiger partial charge in [0.2, 0.25) is 0 Å². The Labute approximate surface area is 118 Å². The number of hydrogen-bond acceptors (Lipinski definition) is 2. The first-order valence-corrected chi connectivity index (χ1v) is 8.16. The molecule has 0 radical (unpaired) electrons. The molecular weight excluding hydrogens is 301 g/mol. The average Bonchev–Trinajstić information content (AvgIpc) is 2.96. The second-order valence-corrected chi connectivity index (χ2v) is 6.30. The van der Waals surface area contributed by atoms with Gasteiger partial charge in [0.05, 0.1) is 0 Å². The van der Waals surface area contributed by atoms with Crippen molar-refractivity contribution in [2.45, 2.75) is 5.32 Å². The number of rotatable bonds is 4. The van der Waals surface area contributed by atoms with Gasteiger partial charge in [-0.3, -0.25) is 0 Å². The van der Waals surface area contributed by atoms with Gasteiger partial charge in [-0.05, 0) is 0 Å². The molecule has 0 spiro atoms. The van der Waals surface area contributed by atoms with Crippen molar-refractivity contribution in [2.24, 2.45) is 0 Å². The maximum absolute atomic E-state index is 5.80. The molecule has 0 saturated carbocycles. The van der Waals surface area contributed by atoms with Crippen molar-refractivity contribution in [3.05, 3.63) is 72.6 Å². The van der Waals surface area contributed by atoms with Crippen molar-refractivity contribution >= 4 is 19.4 Å². The summed E-state index contributed by atoms with van der Waals surface area (Å²) in [6.07, 6.45) is 1.84. The van der Waals surface area contributed by atoms with Gasteiger partial charge in [0.1, 0.15) is 0 Å². The summed E-state index contributed by atoms with van der Waals surface area (Å²) in [6, 6.07) is 20.5. The van der Waals surface area contributed by atoms with E-state index in [0.29, 0.717) is 20.8 Å². The van der Waals surface area contributed by atoms with Crippen LogP contribution in [0.3, 0.4) is 0 Å². The molecule has 0 aliphatic heterocycles. The predicted molar refractivity (Wildman–Crippen MR) is 77.5 cm³/mol. The fourth-order valence-electron chi connectivity index (χ4n) is 1.76. The molecule has 0 aliphatic rings. The van der Waals surface area contributed by atoms with Crippen molar-refractivity contribution in [3.8, 4) is 11.5 Å². The van der Waals surface area contributed by atoms with Crippen molar-refractivity contribution < 1.29 is 4.42 Å². The van der Waals surface area contributed by atoms with E-state index >= 15 is 0 Å². The Hall–Kier alpha value is -1.83. The van der Waals surface area contributed by atoms with E-state index < -0.39 is 0 Å². The van der Waals surface area contributed by atoms with Crippen LogP contribution in [0.25, 0.3) is 11.5 Å². The Kier molecular flexibility index (Phi) is 3.78. The predicted octanol–water partition coefficient (Wildman–Crippen LogP) is 2.87. The van der Waals surface area contributed by atoms with Crippen LogP contribution in [0.15, 0.2) is 71.3 Å². The number of aromatic nitrogens is 1. The van der Waals surface area contributed by atoms with Crippen molar-refractivity contribution in [1.29, 1.82) is 0 Å². The van der Waals surface area contributed by atoms with Gasteiger partial charge in [-0.1, -0.05) is 0 Å². The molecule has 0 aliphatic carbocycles. The van der Waals surface area contributed by atoms with Gasteiger partial charge in [-0.25, -0.2) is 0 Å². The van der Waals surface area contributed by atoms with Crippen LogP contribution >= 0.6 is 0 Å². The topological polar surface area (TPSA) is 26.0 Å². The van der Waals surface area contributed by atoms with Crippen molar-refractivity contribution in [2.75, 3.05) is 0 Å². The van der Waals surface area contributed by atoms with Gasteiger partial charge in [0.25, 0.3) is 0 Å². The van der Waals surface area contributed by atoms with E-state index in [9.17, 15) is 0 Å². The molecule has 0 amide bonds. The number of benzene rings is 2. The molecule has 1 aromatic heterocycles. The molecule has 0 N–H and O–H groups in total. The fraction of sp³-hybridized carbons (Fsp3) is 0.0625. The molecular formula is C16H13NOSe. The third-order valence-electron chi connectivity index (χ3n) is 2.70. The fourth-order valence-corrected chi connectivity index (χ4v) is 3.42. The molecule has 1 heterocycles. The molecule has 0 atom stereocenters. The quantitative estimate of drug-likeness (QED) is 0.692. The van der Waals surface area contributed by atoms with E-state index in [1.54, 1.807) is 0 Å². The minimum absolute atomic E-state index is 0.398. The van der Waals surface area contributed by atoms with Crippen LogP contribution in [0.1, 0.15) is 5.76 Å². The minimum atomic E-state index is 0.398. The van der Waals surface area contributed by atoms with Gasteiger partial charge in [0, 0.05) is 0 Å². The average molecular weight is 314 g/mol. The molecule has 0 saturated heterocycles. The van der Waals surface area contributed by atoms with E-state index in [4.69, 9.17) is 4.42 Å². The second-order valence-electron chi connectivity index (χ2n) is 4.10. The van der Waals surface area contributed by atoms with E-state index in [0.717, 1.165) is 16.6 Å². The summed E-state index contributed by atoms with van der Waals surface area (Å²) in [5, 5.41) is 0.941. The standard InChI is InChI=1S/C16H13NOSe/c1-3-7-13(8-4-1)16-17-11-14(18-16)12-19-15-9-5-2-6-10-15/h1-11H,12H2. The Balaban J connectivity index is 1.69. The van der Waals surface area contributed by atoms with Gasteiger partial charge in [0.15, 0.2) is 0 Å². The molecule has 3 aromatic rings. The normalized spacial score (nSPS) is 10.5. The van der Waals surface area contributed by atoms with Crippen LogP contribution in [0.2, 0.25) is 0 Å². The molecule has 0 bridgehead atoms.